The van der Waals surface area contributed by atoms with E-state index < -0.39 is 18.2 Å². The molecule has 152 valence electrons. The molecule has 1 saturated heterocycles. The number of aliphatic hydroxyl groups is 1. The Hall–Kier alpha value is -2.70. The summed E-state index contributed by atoms with van der Waals surface area (Å²) in [5.41, 5.74) is 3.44. The molecule has 2 aromatic rings. The van der Waals surface area contributed by atoms with Gasteiger partial charge in [-0.15, -0.1) is 0 Å². The lowest BCUT2D eigenvalue weighted by molar-refractivity contribution is -0.129. The molecule has 1 aliphatic carbocycles. The average Bonchev–Trinajstić information content (AvgIpc) is 3.00. The molecule has 6 nitrogen and oxygen atoms in total. The topological polar surface area (TPSA) is 78.9 Å². The molecule has 3 atom stereocenters. The Balaban J connectivity index is 1.31. The molecule has 0 bridgehead atoms. The maximum Gasteiger partial charge on any atom is 0.324 e. The number of rotatable bonds is 7. The predicted octanol–water partition coefficient (Wildman–Crippen LogP) is 2.60. The van der Waals surface area contributed by atoms with E-state index in [9.17, 15) is 14.7 Å². The summed E-state index contributed by atoms with van der Waals surface area (Å²) in [6.45, 7) is 0.0176. The molecule has 1 aliphatic heterocycles. The molecule has 3 amide bonds. The van der Waals surface area contributed by atoms with Gasteiger partial charge in [0.05, 0.1) is 25.4 Å². The van der Waals surface area contributed by atoms with Gasteiger partial charge in [0.25, 0.3) is 5.91 Å². The molecule has 0 radical (unpaired) electrons. The van der Waals surface area contributed by atoms with Crippen molar-refractivity contribution in [3.8, 4) is 0 Å². The molecule has 2 aromatic carbocycles. The van der Waals surface area contributed by atoms with E-state index in [0.717, 1.165) is 29.7 Å². The number of aryl methyl sites for hydroxylation is 1. The standard InChI is InChI=1S/C23H26N2O4/c26-18(15-29-21-12-6-10-17-9-4-5-11-19(17)21)14-25-22(27)20(24-23(25)28)13-16-7-2-1-3-8-16/h1-5,7-9,11,18,20-21,26H,6,10,12-15H2,(H,24,28). The van der Waals surface area contributed by atoms with E-state index >= 15 is 0 Å². The lowest BCUT2D eigenvalue weighted by atomic mass is 9.89. The fourth-order valence-corrected chi connectivity index (χ4v) is 4.11. The number of amides is 3. The van der Waals surface area contributed by atoms with Crippen LogP contribution in [0.3, 0.4) is 0 Å². The van der Waals surface area contributed by atoms with Crippen LogP contribution in [-0.4, -0.2) is 47.2 Å². The first-order valence-corrected chi connectivity index (χ1v) is 10.1. The Kier molecular flexibility index (Phi) is 5.92. The highest BCUT2D eigenvalue weighted by molar-refractivity contribution is 6.04. The lowest BCUT2D eigenvalue weighted by Crippen LogP contribution is -2.40. The van der Waals surface area contributed by atoms with Crippen molar-refractivity contribution in [2.75, 3.05) is 13.2 Å². The van der Waals surface area contributed by atoms with E-state index in [-0.39, 0.29) is 25.2 Å². The predicted molar refractivity (Wildman–Crippen MR) is 108 cm³/mol. The van der Waals surface area contributed by atoms with Gasteiger partial charge in [0.15, 0.2) is 0 Å². The first kappa shape index (κ1) is 19.6. The molecule has 3 unspecified atom stereocenters. The van der Waals surface area contributed by atoms with Crippen LogP contribution in [0.25, 0.3) is 0 Å². The first-order chi connectivity index (χ1) is 14.1. The first-order valence-electron chi connectivity index (χ1n) is 10.1. The van der Waals surface area contributed by atoms with Crippen molar-refractivity contribution in [2.24, 2.45) is 0 Å². The van der Waals surface area contributed by atoms with Crippen LogP contribution < -0.4 is 5.32 Å². The summed E-state index contributed by atoms with van der Waals surface area (Å²) in [5, 5.41) is 13.1. The monoisotopic (exact) mass is 394 g/mol. The zero-order chi connectivity index (χ0) is 20.2. The average molecular weight is 394 g/mol. The van der Waals surface area contributed by atoms with E-state index in [1.54, 1.807) is 0 Å². The fraction of sp³-hybridized carbons (Fsp3) is 0.391. The highest BCUT2D eigenvalue weighted by Gasteiger charge is 2.38. The molecule has 1 fully saturated rings. The molecule has 2 N–H and O–H groups in total. The molecular weight excluding hydrogens is 368 g/mol. The maximum absolute atomic E-state index is 12.6. The largest absolute Gasteiger partial charge is 0.389 e. The molecule has 0 spiro atoms. The molecule has 2 aliphatic rings. The number of carbonyl (C=O) groups excluding carboxylic acids is 2. The number of hydrogen-bond acceptors (Lipinski definition) is 4. The molecule has 29 heavy (non-hydrogen) atoms. The maximum atomic E-state index is 12.6. The summed E-state index contributed by atoms with van der Waals surface area (Å²) >= 11 is 0. The van der Waals surface area contributed by atoms with Gasteiger partial charge in [-0.1, -0.05) is 54.6 Å². The summed E-state index contributed by atoms with van der Waals surface area (Å²) in [6, 6.07) is 16.7. The van der Waals surface area contributed by atoms with E-state index in [4.69, 9.17) is 4.74 Å². The number of nitrogens with one attached hydrogen (secondary N) is 1. The second-order valence-corrected chi connectivity index (χ2v) is 7.71. The van der Waals surface area contributed by atoms with Gasteiger partial charge >= 0.3 is 6.03 Å². The number of hydrogen-bond donors (Lipinski definition) is 2. The van der Waals surface area contributed by atoms with Crippen LogP contribution in [0.5, 0.6) is 0 Å². The number of urea groups is 1. The van der Waals surface area contributed by atoms with Gasteiger partial charge in [0.1, 0.15) is 6.04 Å². The number of fused-ring (bicyclic) bond motifs is 1. The van der Waals surface area contributed by atoms with Gasteiger partial charge < -0.3 is 15.2 Å². The molecule has 0 aromatic heterocycles. The minimum absolute atomic E-state index is 0.0523. The third-order valence-electron chi connectivity index (χ3n) is 5.59. The Morgan fingerprint density at radius 3 is 2.69 bits per heavy atom. The SMILES string of the molecule is O=C1NC(Cc2ccccc2)C(=O)N1CC(O)COC1CCCc2ccccc21. The van der Waals surface area contributed by atoms with Gasteiger partial charge in [0.2, 0.25) is 0 Å². The van der Waals surface area contributed by atoms with Gasteiger partial charge in [0, 0.05) is 6.42 Å². The smallest absolute Gasteiger partial charge is 0.324 e. The molecule has 1 heterocycles. The van der Waals surface area contributed by atoms with Gasteiger partial charge in [-0.2, -0.15) is 0 Å². The number of nitrogens with zero attached hydrogens (tertiary/aromatic N) is 1. The summed E-state index contributed by atoms with van der Waals surface area (Å²) in [7, 11) is 0. The van der Waals surface area contributed by atoms with E-state index in [1.807, 2.05) is 42.5 Å². The second kappa shape index (κ2) is 8.76. The third-order valence-corrected chi connectivity index (χ3v) is 5.59. The highest BCUT2D eigenvalue weighted by Crippen LogP contribution is 2.32. The van der Waals surface area contributed by atoms with Gasteiger partial charge in [-0.3, -0.25) is 9.69 Å². The third kappa shape index (κ3) is 4.49. The number of ether oxygens (including phenoxy) is 1. The van der Waals surface area contributed by atoms with Crippen molar-refractivity contribution in [1.82, 2.24) is 10.2 Å². The number of β-amino-alcohol motifs (C(OH)–C–C–N with tert-alkyl or cyclic N) is 1. The van der Waals surface area contributed by atoms with Crippen molar-refractivity contribution in [2.45, 2.75) is 43.9 Å². The van der Waals surface area contributed by atoms with Crippen molar-refractivity contribution >= 4 is 11.9 Å². The normalized spacial score (nSPS) is 22.3. The van der Waals surface area contributed by atoms with Crippen molar-refractivity contribution in [3.63, 3.8) is 0 Å². The second-order valence-electron chi connectivity index (χ2n) is 7.71. The Bertz CT molecular complexity index is 870. The van der Waals surface area contributed by atoms with Crippen LogP contribution in [0, 0.1) is 0 Å². The molecular formula is C23H26N2O4. The Morgan fingerprint density at radius 1 is 1.10 bits per heavy atom. The number of carbonyl (C=O) groups is 2. The lowest BCUT2D eigenvalue weighted by Gasteiger charge is -2.27. The minimum atomic E-state index is -0.922. The Morgan fingerprint density at radius 2 is 1.86 bits per heavy atom. The Labute approximate surface area is 170 Å². The van der Waals surface area contributed by atoms with Crippen LogP contribution in [0.15, 0.2) is 54.6 Å². The zero-order valence-electron chi connectivity index (χ0n) is 16.3. The van der Waals surface area contributed by atoms with Crippen LogP contribution in [0.1, 0.15) is 35.6 Å². The highest BCUT2D eigenvalue weighted by atomic mass is 16.5. The zero-order valence-corrected chi connectivity index (χ0v) is 16.3. The molecule has 4 rings (SSSR count). The van der Waals surface area contributed by atoms with Crippen molar-refractivity contribution in [1.29, 1.82) is 0 Å². The van der Waals surface area contributed by atoms with Crippen LogP contribution in [-0.2, 0) is 22.4 Å². The summed E-state index contributed by atoms with van der Waals surface area (Å²) < 4.78 is 5.95. The molecule has 6 heteroatoms. The van der Waals surface area contributed by atoms with Gasteiger partial charge in [-0.25, -0.2) is 4.79 Å². The van der Waals surface area contributed by atoms with Crippen molar-refractivity contribution in [3.05, 3.63) is 71.3 Å². The summed E-state index contributed by atoms with van der Waals surface area (Å²) in [5.74, 6) is -0.305. The van der Waals surface area contributed by atoms with Crippen LogP contribution >= 0.6 is 0 Å². The van der Waals surface area contributed by atoms with Crippen LogP contribution in [0.2, 0.25) is 0 Å². The summed E-state index contributed by atoms with van der Waals surface area (Å²) in [6.07, 6.45) is 2.47. The van der Waals surface area contributed by atoms with E-state index in [2.05, 4.69) is 17.4 Å². The van der Waals surface area contributed by atoms with E-state index in [0.29, 0.717) is 6.42 Å². The van der Waals surface area contributed by atoms with Crippen LogP contribution in [0.4, 0.5) is 4.79 Å². The fourth-order valence-electron chi connectivity index (χ4n) is 4.11. The minimum Gasteiger partial charge on any atom is -0.389 e. The number of benzene rings is 2. The molecule has 0 saturated carbocycles. The van der Waals surface area contributed by atoms with Gasteiger partial charge in [-0.05, 0) is 36.0 Å². The summed E-state index contributed by atoms with van der Waals surface area (Å²) in [4.78, 5) is 25.9. The van der Waals surface area contributed by atoms with E-state index in [1.165, 1.54) is 11.1 Å². The number of aliphatic hydroxyl groups excluding tert-OH is 1. The van der Waals surface area contributed by atoms with Crippen molar-refractivity contribution < 1.29 is 19.4 Å². The quantitative estimate of drug-likeness (QED) is 0.708. The number of imide groups is 1.